The van der Waals surface area contributed by atoms with E-state index in [2.05, 4.69) is 36.2 Å². The Morgan fingerprint density at radius 1 is 1.50 bits per heavy atom. The summed E-state index contributed by atoms with van der Waals surface area (Å²) in [5.41, 5.74) is 7.06. The van der Waals surface area contributed by atoms with Crippen LogP contribution in [0.2, 0.25) is 0 Å². The summed E-state index contributed by atoms with van der Waals surface area (Å²) >= 11 is 1.85. The molecule has 1 unspecified atom stereocenters. The Hall–Kier alpha value is -0.740. The van der Waals surface area contributed by atoms with Crippen LogP contribution in [0.25, 0.3) is 0 Å². The lowest BCUT2D eigenvalue weighted by Crippen LogP contribution is -2.33. The van der Waals surface area contributed by atoms with Gasteiger partial charge in [0.1, 0.15) is 5.82 Å². The van der Waals surface area contributed by atoms with E-state index < -0.39 is 0 Å². The summed E-state index contributed by atoms with van der Waals surface area (Å²) in [4.78, 5) is 6.64. The number of hydrogen-bond acceptors (Lipinski definition) is 4. The highest BCUT2D eigenvalue weighted by atomic mass is 32.2. The lowest BCUT2D eigenvalue weighted by Gasteiger charge is -2.28. The molecular formula is C12H21N3S. The fourth-order valence-corrected chi connectivity index (χ4v) is 2.33. The predicted octanol–water partition coefficient (Wildman–Crippen LogP) is 2.29. The van der Waals surface area contributed by atoms with Crippen LogP contribution < -0.4 is 10.6 Å². The molecule has 1 aromatic heterocycles. The molecule has 1 aromatic rings. The second-order valence-corrected chi connectivity index (χ2v) is 5.03. The van der Waals surface area contributed by atoms with Crippen molar-refractivity contribution < 1.29 is 0 Å². The van der Waals surface area contributed by atoms with Gasteiger partial charge in [0, 0.05) is 36.6 Å². The molecule has 2 N–H and O–H groups in total. The van der Waals surface area contributed by atoms with Crippen LogP contribution in [-0.2, 0) is 0 Å². The average molecular weight is 239 g/mol. The van der Waals surface area contributed by atoms with Crippen molar-refractivity contribution in [2.24, 2.45) is 5.73 Å². The van der Waals surface area contributed by atoms with E-state index in [1.54, 1.807) is 0 Å². The highest BCUT2D eigenvalue weighted by molar-refractivity contribution is 7.98. The van der Waals surface area contributed by atoms with Gasteiger partial charge in [-0.2, -0.15) is 11.8 Å². The Labute approximate surface area is 102 Å². The van der Waals surface area contributed by atoms with Crippen molar-refractivity contribution in [3.8, 4) is 0 Å². The first-order valence-corrected chi connectivity index (χ1v) is 6.89. The van der Waals surface area contributed by atoms with Gasteiger partial charge in [0.25, 0.3) is 0 Å². The van der Waals surface area contributed by atoms with Crippen molar-refractivity contribution >= 4 is 17.6 Å². The molecule has 0 aromatic carbocycles. The van der Waals surface area contributed by atoms with E-state index in [1.807, 2.05) is 30.9 Å². The molecule has 1 rings (SSSR count). The molecule has 0 radical (unpaired) electrons. The molecule has 0 spiro atoms. The number of anilines is 1. The summed E-state index contributed by atoms with van der Waals surface area (Å²) in [5, 5.41) is 0. The first kappa shape index (κ1) is 13.3. The number of pyridine rings is 1. The van der Waals surface area contributed by atoms with Crippen molar-refractivity contribution in [3.05, 3.63) is 23.9 Å². The first-order valence-electron chi connectivity index (χ1n) is 5.50. The van der Waals surface area contributed by atoms with E-state index in [4.69, 9.17) is 5.73 Å². The summed E-state index contributed by atoms with van der Waals surface area (Å²) < 4.78 is 0. The van der Waals surface area contributed by atoms with Gasteiger partial charge in [-0.15, -0.1) is 0 Å². The standard InChI is InChI=1S/C12H21N3S/c1-9(8-16-4)15(3)12-11(10(2)13)6-5-7-14-12/h5-7,9-10H,8,13H2,1-4H3/t9?,10-/m1/s1. The fraction of sp³-hybridized carbons (Fsp3) is 0.583. The minimum absolute atomic E-state index is 0.0210. The molecule has 4 heteroatoms. The highest BCUT2D eigenvalue weighted by Crippen LogP contribution is 2.23. The average Bonchev–Trinajstić information content (AvgIpc) is 2.28. The van der Waals surface area contributed by atoms with Crippen LogP contribution in [0.4, 0.5) is 5.82 Å². The van der Waals surface area contributed by atoms with E-state index in [9.17, 15) is 0 Å². The van der Waals surface area contributed by atoms with Gasteiger partial charge in [-0.1, -0.05) is 6.07 Å². The third-order valence-electron chi connectivity index (χ3n) is 2.71. The van der Waals surface area contributed by atoms with Gasteiger partial charge >= 0.3 is 0 Å². The molecule has 0 fully saturated rings. The van der Waals surface area contributed by atoms with Crippen LogP contribution in [0.5, 0.6) is 0 Å². The summed E-state index contributed by atoms with van der Waals surface area (Å²) in [6.07, 6.45) is 3.94. The molecule has 2 atom stereocenters. The normalized spacial score (nSPS) is 14.6. The monoisotopic (exact) mass is 239 g/mol. The maximum atomic E-state index is 5.95. The number of nitrogens with two attached hydrogens (primary N) is 1. The fourth-order valence-electron chi connectivity index (χ4n) is 1.62. The molecule has 0 aliphatic carbocycles. The summed E-state index contributed by atoms with van der Waals surface area (Å²) in [6, 6.07) is 4.47. The minimum Gasteiger partial charge on any atom is -0.356 e. The van der Waals surface area contributed by atoms with E-state index >= 15 is 0 Å². The Balaban J connectivity index is 2.93. The van der Waals surface area contributed by atoms with Crippen LogP contribution in [0, 0.1) is 0 Å². The maximum absolute atomic E-state index is 5.95. The zero-order valence-electron chi connectivity index (χ0n) is 10.5. The molecule has 1 heterocycles. The quantitative estimate of drug-likeness (QED) is 0.856. The molecule has 0 aliphatic heterocycles. The largest absolute Gasteiger partial charge is 0.356 e. The third-order valence-corrected chi connectivity index (χ3v) is 3.53. The van der Waals surface area contributed by atoms with Gasteiger partial charge in [0.15, 0.2) is 0 Å². The van der Waals surface area contributed by atoms with Crippen LogP contribution >= 0.6 is 11.8 Å². The topological polar surface area (TPSA) is 42.2 Å². The molecule has 16 heavy (non-hydrogen) atoms. The van der Waals surface area contributed by atoms with Crippen molar-refractivity contribution in [2.75, 3.05) is 24.0 Å². The minimum atomic E-state index is 0.0210. The number of nitrogens with zero attached hydrogens (tertiary/aromatic N) is 2. The third kappa shape index (κ3) is 3.12. The van der Waals surface area contributed by atoms with Crippen LogP contribution in [0.3, 0.4) is 0 Å². The number of hydrogen-bond donors (Lipinski definition) is 1. The smallest absolute Gasteiger partial charge is 0.133 e. The molecule has 0 saturated carbocycles. The van der Waals surface area contributed by atoms with Crippen LogP contribution in [0.1, 0.15) is 25.5 Å². The Bertz CT molecular complexity index is 328. The van der Waals surface area contributed by atoms with Crippen molar-refractivity contribution in [3.63, 3.8) is 0 Å². The Morgan fingerprint density at radius 3 is 2.75 bits per heavy atom. The van der Waals surface area contributed by atoms with Gasteiger partial charge in [-0.05, 0) is 26.2 Å². The molecule has 90 valence electrons. The Morgan fingerprint density at radius 2 is 2.19 bits per heavy atom. The van der Waals surface area contributed by atoms with Crippen LogP contribution in [-0.4, -0.2) is 30.1 Å². The highest BCUT2D eigenvalue weighted by Gasteiger charge is 2.15. The first-order chi connectivity index (χ1) is 7.57. The van der Waals surface area contributed by atoms with Crippen LogP contribution in [0.15, 0.2) is 18.3 Å². The molecule has 0 bridgehead atoms. The van der Waals surface area contributed by atoms with Crippen molar-refractivity contribution in [2.45, 2.75) is 25.9 Å². The summed E-state index contributed by atoms with van der Waals surface area (Å²) in [7, 11) is 2.08. The van der Waals surface area contributed by atoms with E-state index in [1.165, 1.54) is 0 Å². The zero-order valence-corrected chi connectivity index (χ0v) is 11.3. The molecular weight excluding hydrogens is 218 g/mol. The Kier molecular flexibility index (Phi) is 5.09. The van der Waals surface area contributed by atoms with E-state index in [-0.39, 0.29) is 6.04 Å². The van der Waals surface area contributed by atoms with Gasteiger partial charge in [-0.25, -0.2) is 4.98 Å². The van der Waals surface area contributed by atoms with E-state index in [0.717, 1.165) is 17.1 Å². The predicted molar refractivity (Wildman–Crippen MR) is 73.1 cm³/mol. The number of rotatable bonds is 5. The maximum Gasteiger partial charge on any atom is 0.133 e. The molecule has 0 saturated heterocycles. The molecule has 3 nitrogen and oxygen atoms in total. The lowest BCUT2D eigenvalue weighted by atomic mass is 10.1. The zero-order chi connectivity index (χ0) is 12.1. The molecule has 0 aliphatic rings. The van der Waals surface area contributed by atoms with Gasteiger partial charge in [0.05, 0.1) is 0 Å². The van der Waals surface area contributed by atoms with Gasteiger partial charge in [-0.3, -0.25) is 0 Å². The second kappa shape index (κ2) is 6.11. The SMILES string of the molecule is CSCC(C)N(C)c1ncccc1[C@@H](C)N. The van der Waals surface area contributed by atoms with Gasteiger partial charge < -0.3 is 10.6 Å². The molecule has 0 amide bonds. The number of aromatic nitrogens is 1. The number of thioether (sulfide) groups is 1. The summed E-state index contributed by atoms with van der Waals surface area (Å²) in [5.74, 6) is 2.09. The van der Waals surface area contributed by atoms with Gasteiger partial charge in [0.2, 0.25) is 0 Å². The van der Waals surface area contributed by atoms with E-state index in [0.29, 0.717) is 6.04 Å². The van der Waals surface area contributed by atoms with Crippen molar-refractivity contribution in [1.29, 1.82) is 0 Å². The summed E-state index contributed by atoms with van der Waals surface area (Å²) in [6.45, 7) is 4.20. The lowest BCUT2D eigenvalue weighted by molar-refractivity contribution is 0.729. The second-order valence-electron chi connectivity index (χ2n) is 4.12. The van der Waals surface area contributed by atoms with Crippen molar-refractivity contribution in [1.82, 2.24) is 4.98 Å².